The Kier molecular flexibility index (Phi) is 6.74. The molecule has 0 aromatic carbocycles. The van der Waals surface area contributed by atoms with Gasteiger partial charge in [0.25, 0.3) is 0 Å². The minimum absolute atomic E-state index is 1.16. The topological polar surface area (TPSA) is 0 Å². The Balaban J connectivity index is 2.34. The highest BCUT2D eigenvalue weighted by molar-refractivity contribution is 5.04. The molecule has 0 amide bonds. The monoisotopic (exact) mass is 188 g/mol. The summed E-state index contributed by atoms with van der Waals surface area (Å²) in [5.74, 6) is 0. The Morgan fingerprint density at radius 2 is 0.643 bits per heavy atom. The van der Waals surface area contributed by atoms with E-state index in [9.17, 15) is 0 Å². The van der Waals surface area contributed by atoms with Crippen LogP contribution in [0.2, 0.25) is 0 Å². The zero-order chi connectivity index (χ0) is 9.90. The Morgan fingerprint density at radius 3 is 1.00 bits per heavy atom. The van der Waals surface area contributed by atoms with Crippen molar-refractivity contribution in [1.82, 2.24) is 0 Å². The van der Waals surface area contributed by atoms with E-state index < -0.39 is 0 Å². The normalized spacial score (nSPS) is 28.6. The summed E-state index contributed by atoms with van der Waals surface area (Å²) in [6.45, 7) is 0. The quantitative estimate of drug-likeness (QED) is 0.489. The molecule has 0 aliphatic heterocycles. The molecule has 0 bridgehead atoms. The molecule has 1 rings (SSSR count). The van der Waals surface area contributed by atoms with Crippen LogP contribution in [-0.2, 0) is 0 Å². The SMILES string of the molecule is C1=C/CC/C=C/CC/C=C/CC/C=C/1. The lowest BCUT2D eigenvalue weighted by molar-refractivity contribution is 0.983. The number of hydrogen-bond acceptors (Lipinski definition) is 0. The highest BCUT2D eigenvalue weighted by Crippen LogP contribution is 2.01. The van der Waals surface area contributed by atoms with E-state index >= 15 is 0 Å². The zero-order valence-corrected chi connectivity index (χ0v) is 8.86. The Labute approximate surface area is 87.7 Å². The van der Waals surface area contributed by atoms with Gasteiger partial charge in [-0.2, -0.15) is 0 Å². The van der Waals surface area contributed by atoms with Crippen molar-refractivity contribution in [2.45, 2.75) is 38.5 Å². The Morgan fingerprint density at radius 1 is 0.357 bits per heavy atom. The second kappa shape index (κ2) is 8.55. The van der Waals surface area contributed by atoms with Crippen molar-refractivity contribution in [3.8, 4) is 0 Å². The van der Waals surface area contributed by atoms with Gasteiger partial charge in [-0.05, 0) is 38.5 Å². The smallest absolute Gasteiger partial charge is 0.0313 e. The van der Waals surface area contributed by atoms with Gasteiger partial charge in [-0.15, -0.1) is 0 Å². The molecule has 0 spiro atoms. The highest BCUT2D eigenvalue weighted by Gasteiger charge is 1.80. The van der Waals surface area contributed by atoms with E-state index in [2.05, 4.69) is 48.6 Å². The van der Waals surface area contributed by atoms with E-state index in [0.29, 0.717) is 0 Å². The molecular formula is C14H20. The molecule has 1 aliphatic rings. The molecular weight excluding hydrogens is 168 g/mol. The lowest BCUT2D eigenvalue weighted by atomic mass is 10.2. The van der Waals surface area contributed by atoms with Crippen LogP contribution in [0, 0.1) is 0 Å². The van der Waals surface area contributed by atoms with Gasteiger partial charge in [0, 0.05) is 0 Å². The van der Waals surface area contributed by atoms with Crippen molar-refractivity contribution in [3.05, 3.63) is 48.6 Å². The molecule has 76 valence electrons. The van der Waals surface area contributed by atoms with Crippen LogP contribution in [0.15, 0.2) is 48.6 Å². The van der Waals surface area contributed by atoms with Gasteiger partial charge in [-0.3, -0.25) is 0 Å². The van der Waals surface area contributed by atoms with E-state index in [0.717, 1.165) is 12.8 Å². The van der Waals surface area contributed by atoms with E-state index in [4.69, 9.17) is 0 Å². The van der Waals surface area contributed by atoms with Crippen LogP contribution in [0.5, 0.6) is 0 Å². The Bertz CT molecular complexity index is 202. The highest BCUT2D eigenvalue weighted by atomic mass is 13.9. The fourth-order valence-corrected chi connectivity index (χ4v) is 1.40. The van der Waals surface area contributed by atoms with Crippen LogP contribution in [0.3, 0.4) is 0 Å². The number of hydrogen-bond donors (Lipinski definition) is 0. The largest absolute Gasteiger partial charge is 0.0882 e. The van der Waals surface area contributed by atoms with Crippen molar-refractivity contribution >= 4 is 0 Å². The number of allylic oxidation sites excluding steroid dienone is 8. The molecule has 0 aromatic rings. The first kappa shape index (κ1) is 11.0. The second-order valence-corrected chi connectivity index (χ2v) is 3.53. The van der Waals surface area contributed by atoms with Crippen molar-refractivity contribution in [2.75, 3.05) is 0 Å². The summed E-state index contributed by atoms with van der Waals surface area (Å²) in [4.78, 5) is 0. The van der Waals surface area contributed by atoms with Gasteiger partial charge in [-0.1, -0.05) is 48.6 Å². The van der Waals surface area contributed by atoms with Crippen LogP contribution in [0.25, 0.3) is 0 Å². The maximum atomic E-state index is 2.29. The van der Waals surface area contributed by atoms with Gasteiger partial charge in [-0.25, -0.2) is 0 Å². The molecule has 0 heteroatoms. The first-order chi connectivity index (χ1) is 7.00. The molecule has 1 aliphatic carbocycles. The average Bonchev–Trinajstić information content (AvgIpc) is 2.22. The summed E-state index contributed by atoms with van der Waals surface area (Å²) >= 11 is 0. The molecule has 0 saturated heterocycles. The third-order valence-corrected chi connectivity index (χ3v) is 2.22. The predicted octanol–water partition coefficient (Wildman–Crippen LogP) is 4.57. The van der Waals surface area contributed by atoms with E-state index in [1.807, 2.05) is 0 Å². The van der Waals surface area contributed by atoms with E-state index in [1.54, 1.807) is 0 Å². The van der Waals surface area contributed by atoms with Crippen LogP contribution in [0.1, 0.15) is 38.5 Å². The van der Waals surface area contributed by atoms with Gasteiger partial charge >= 0.3 is 0 Å². The lowest BCUT2D eigenvalue weighted by Gasteiger charge is -1.90. The summed E-state index contributed by atoms with van der Waals surface area (Å²) in [6.07, 6.45) is 25.0. The fraction of sp³-hybridized carbons (Fsp3) is 0.429. The summed E-state index contributed by atoms with van der Waals surface area (Å²) in [5.41, 5.74) is 0. The van der Waals surface area contributed by atoms with Crippen molar-refractivity contribution in [3.63, 3.8) is 0 Å². The predicted molar refractivity (Wildman–Crippen MR) is 64.3 cm³/mol. The third-order valence-electron chi connectivity index (χ3n) is 2.22. The van der Waals surface area contributed by atoms with Crippen molar-refractivity contribution in [1.29, 1.82) is 0 Å². The number of rotatable bonds is 0. The molecule has 0 aromatic heterocycles. The molecule has 0 saturated carbocycles. The van der Waals surface area contributed by atoms with Crippen LogP contribution in [0.4, 0.5) is 0 Å². The zero-order valence-electron chi connectivity index (χ0n) is 8.86. The van der Waals surface area contributed by atoms with Crippen LogP contribution >= 0.6 is 0 Å². The molecule has 0 radical (unpaired) electrons. The van der Waals surface area contributed by atoms with Crippen molar-refractivity contribution in [2.24, 2.45) is 0 Å². The molecule has 0 unspecified atom stereocenters. The van der Waals surface area contributed by atoms with Gasteiger partial charge < -0.3 is 0 Å². The maximum absolute atomic E-state index is 2.29. The fourth-order valence-electron chi connectivity index (χ4n) is 1.40. The standard InChI is InChI=1S/C14H20/c1-2-4-6-8-10-12-14-13-11-9-7-5-3-1/h1-4,9-12H,5-8,13-14H2/b3-1+,4-2+,11-9+,12-10+. The molecule has 0 nitrogen and oxygen atoms in total. The minimum atomic E-state index is 1.16. The average molecular weight is 188 g/mol. The summed E-state index contributed by atoms with van der Waals surface area (Å²) in [7, 11) is 0. The summed E-state index contributed by atoms with van der Waals surface area (Å²) < 4.78 is 0. The molecule has 0 N–H and O–H groups in total. The van der Waals surface area contributed by atoms with Gasteiger partial charge in [0.1, 0.15) is 0 Å². The van der Waals surface area contributed by atoms with Crippen molar-refractivity contribution < 1.29 is 0 Å². The second-order valence-electron chi connectivity index (χ2n) is 3.53. The molecule has 14 heavy (non-hydrogen) atoms. The summed E-state index contributed by atoms with van der Waals surface area (Å²) in [5, 5.41) is 0. The maximum Gasteiger partial charge on any atom is -0.0313 e. The third kappa shape index (κ3) is 6.47. The van der Waals surface area contributed by atoms with E-state index in [-0.39, 0.29) is 0 Å². The Hall–Kier alpha value is -1.04. The molecule has 0 atom stereocenters. The minimum Gasteiger partial charge on any atom is -0.0882 e. The van der Waals surface area contributed by atoms with Gasteiger partial charge in [0.15, 0.2) is 0 Å². The van der Waals surface area contributed by atoms with Crippen LogP contribution in [-0.4, -0.2) is 0 Å². The summed E-state index contributed by atoms with van der Waals surface area (Å²) in [6, 6.07) is 0. The first-order valence-electron chi connectivity index (χ1n) is 5.62. The van der Waals surface area contributed by atoms with Gasteiger partial charge in [0.05, 0.1) is 0 Å². The first-order valence-corrected chi connectivity index (χ1v) is 5.62. The molecule has 0 heterocycles. The van der Waals surface area contributed by atoms with Gasteiger partial charge in [0.2, 0.25) is 0 Å². The molecule has 0 fully saturated rings. The lowest BCUT2D eigenvalue weighted by Crippen LogP contribution is -1.70. The van der Waals surface area contributed by atoms with Crippen LogP contribution < -0.4 is 0 Å². The van der Waals surface area contributed by atoms with E-state index in [1.165, 1.54) is 25.7 Å².